The maximum atomic E-state index is 11.6. The third kappa shape index (κ3) is 2.50. The van der Waals surface area contributed by atoms with Crippen LogP contribution in [0.2, 0.25) is 0 Å². The predicted molar refractivity (Wildman–Crippen MR) is 66.6 cm³/mol. The predicted octanol–water partition coefficient (Wildman–Crippen LogP) is 2.38. The Hall–Kier alpha value is -1.35. The maximum absolute atomic E-state index is 11.6. The van der Waals surface area contributed by atoms with Crippen LogP contribution in [0.3, 0.4) is 0 Å². The van der Waals surface area contributed by atoms with Crippen LogP contribution >= 0.6 is 0 Å². The average Bonchev–Trinajstić information content (AvgIpc) is 2.32. The number of esters is 1. The van der Waals surface area contributed by atoms with Gasteiger partial charge in [-0.25, -0.2) is 0 Å². The molecule has 0 saturated carbocycles. The molecule has 1 fully saturated rings. The number of carbonyl (C=O) groups excluding carboxylic acids is 1. The summed E-state index contributed by atoms with van der Waals surface area (Å²) in [5, 5.41) is 0. The molecule has 1 saturated heterocycles. The van der Waals surface area contributed by atoms with E-state index in [1.807, 2.05) is 30.3 Å². The molecule has 1 aromatic carbocycles. The van der Waals surface area contributed by atoms with Crippen LogP contribution in [0.1, 0.15) is 32.4 Å². The van der Waals surface area contributed by atoms with E-state index in [2.05, 4.69) is 25.7 Å². The molecule has 0 radical (unpaired) electrons. The van der Waals surface area contributed by atoms with Crippen LogP contribution in [-0.2, 0) is 9.53 Å². The highest BCUT2D eigenvalue weighted by atomic mass is 16.5. The minimum Gasteiger partial charge on any atom is -0.455 e. The number of ether oxygens (including phenoxy) is 1. The first-order valence-corrected chi connectivity index (χ1v) is 6.09. The lowest BCUT2D eigenvalue weighted by atomic mass is 9.99. The number of cyclic esters (lactones) is 1. The second-order valence-electron chi connectivity index (χ2n) is 4.83. The molecule has 2 rings (SSSR count). The SMILES string of the molecule is CC(C)N1CC(=O)O[C@H](c2ccccc2)[C@@H]1C. The Morgan fingerprint density at radius 2 is 1.94 bits per heavy atom. The van der Waals surface area contributed by atoms with Crippen molar-refractivity contribution in [2.75, 3.05) is 6.54 Å². The second-order valence-corrected chi connectivity index (χ2v) is 4.83. The fourth-order valence-electron chi connectivity index (χ4n) is 2.39. The summed E-state index contributed by atoms with van der Waals surface area (Å²) < 4.78 is 5.48. The van der Waals surface area contributed by atoms with Crippen molar-refractivity contribution in [3.8, 4) is 0 Å². The van der Waals surface area contributed by atoms with Crippen molar-refractivity contribution in [1.29, 1.82) is 0 Å². The number of nitrogens with zero attached hydrogens (tertiary/aromatic N) is 1. The first kappa shape index (κ1) is 12.1. The molecule has 17 heavy (non-hydrogen) atoms. The maximum Gasteiger partial charge on any atom is 0.320 e. The molecular formula is C14H19NO2. The Kier molecular flexibility index (Phi) is 3.48. The van der Waals surface area contributed by atoms with Crippen LogP contribution in [0.15, 0.2) is 30.3 Å². The summed E-state index contributed by atoms with van der Waals surface area (Å²) in [6.45, 7) is 6.72. The van der Waals surface area contributed by atoms with Crippen molar-refractivity contribution >= 4 is 5.97 Å². The standard InChI is InChI=1S/C14H19NO2/c1-10(2)15-9-13(16)17-14(11(15)3)12-7-5-4-6-8-12/h4-8,10-11,14H,9H2,1-3H3/t11-,14-/m0/s1. The van der Waals surface area contributed by atoms with Gasteiger partial charge in [-0.05, 0) is 26.3 Å². The summed E-state index contributed by atoms with van der Waals surface area (Å²) in [6, 6.07) is 10.5. The smallest absolute Gasteiger partial charge is 0.320 e. The largest absolute Gasteiger partial charge is 0.455 e. The van der Waals surface area contributed by atoms with E-state index in [9.17, 15) is 4.79 Å². The molecule has 1 aliphatic heterocycles. The molecule has 3 nitrogen and oxygen atoms in total. The van der Waals surface area contributed by atoms with Gasteiger partial charge in [0.2, 0.25) is 0 Å². The van der Waals surface area contributed by atoms with Gasteiger partial charge in [0.15, 0.2) is 0 Å². The number of carbonyl (C=O) groups is 1. The van der Waals surface area contributed by atoms with Gasteiger partial charge in [-0.2, -0.15) is 0 Å². The summed E-state index contributed by atoms with van der Waals surface area (Å²) in [4.78, 5) is 13.8. The van der Waals surface area contributed by atoms with E-state index in [0.29, 0.717) is 12.6 Å². The van der Waals surface area contributed by atoms with Gasteiger partial charge in [-0.1, -0.05) is 30.3 Å². The summed E-state index contributed by atoms with van der Waals surface area (Å²) in [5.41, 5.74) is 1.07. The lowest BCUT2D eigenvalue weighted by Gasteiger charge is -2.40. The molecule has 0 bridgehead atoms. The van der Waals surface area contributed by atoms with E-state index in [0.717, 1.165) is 5.56 Å². The average molecular weight is 233 g/mol. The summed E-state index contributed by atoms with van der Waals surface area (Å²) in [5.74, 6) is -0.134. The monoisotopic (exact) mass is 233 g/mol. The van der Waals surface area contributed by atoms with Gasteiger partial charge >= 0.3 is 5.97 Å². The minimum atomic E-state index is -0.153. The number of benzene rings is 1. The first-order chi connectivity index (χ1) is 8.09. The summed E-state index contributed by atoms with van der Waals surface area (Å²) in [7, 11) is 0. The van der Waals surface area contributed by atoms with Gasteiger partial charge in [0, 0.05) is 12.1 Å². The van der Waals surface area contributed by atoms with E-state index in [1.165, 1.54) is 0 Å². The Morgan fingerprint density at radius 3 is 2.53 bits per heavy atom. The van der Waals surface area contributed by atoms with E-state index >= 15 is 0 Å². The van der Waals surface area contributed by atoms with E-state index < -0.39 is 0 Å². The van der Waals surface area contributed by atoms with Gasteiger partial charge < -0.3 is 4.74 Å². The molecule has 0 spiro atoms. The lowest BCUT2D eigenvalue weighted by Crippen LogP contribution is -2.50. The Labute approximate surface area is 102 Å². The molecule has 92 valence electrons. The molecule has 0 N–H and O–H groups in total. The molecular weight excluding hydrogens is 214 g/mol. The molecule has 2 atom stereocenters. The van der Waals surface area contributed by atoms with E-state index in [1.54, 1.807) is 0 Å². The third-order valence-corrected chi connectivity index (χ3v) is 3.32. The van der Waals surface area contributed by atoms with Crippen molar-refractivity contribution in [1.82, 2.24) is 4.90 Å². The van der Waals surface area contributed by atoms with Crippen molar-refractivity contribution in [2.45, 2.75) is 39.0 Å². The van der Waals surface area contributed by atoms with Crippen molar-refractivity contribution in [3.05, 3.63) is 35.9 Å². The van der Waals surface area contributed by atoms with E-state index in [-0.39, 0.29) is 18.1 Å². The lowest BCUT2D eigenvalue weighted by molar-refractivity contribution is -0.166. The molecule has 0 amide bonds. The molecule has 3 heteroatoms. The second kappa shape index (κ2) is 4.88. The first-order valence-electron chi connectivity index (χ1n) is 6.09. The van der Waals surface area contributed by atoms with Gasteiger partial charge in [0.05, 0.1) is 6.54 Å². The molecule has 1 aromatic rings. The van der Waals surface area contributed by atoms with Crippen LogP contribution in [0.25, 0.3) is 0 Å². The quantitative estimate of drug-likeness (QED) is 0.734. The number of morpholine rings is 1. The van der Waals surface area contributed by atoms with Gasteiger partial charge in [-0.15, -0.1) is 0 Å². The molecule has 0 aliphatic carbocycles. The number of hydrogen-bond donors (Lipinski definition) is 0. The fourth-order valence-corrected chi connectivity index (χ4v) is 2.39. The molecule has 0 unspecified atom stereocenters. The summed E-state index contributed by atoms with van der Waals surface area (Å²) in [6.07, 6.45) is -0.153. The number of rotatable bonds is 2. The van der Waals surface area contributed by atoms with Crippen molar-refractivity contribution < 1.29 is 9.53 Å². The minimum absolute atomic E-state index is 0.134. The third-order valence-electron chi connectivity index (χ3n) is 3.32. The fraction of sp³-hybridized carbons (Fsp3) is 0.500. The van der Waals surface area contributed by atoms with Gasteiger partial charge in [-0.3, -0.25) is 9.69 Å². The van der Waals surface area contributed by atoms with Gasteiger partial charge in [0.25, 0.3) is 0 Å². The zero-order valence-corrected chi connectivity index (χ0v) is 10.6. The Morgan fingerprint density at radius 1 is 1.29 bits per heavy atom. The van der Waals surface area contributed by atoms with Gasteiger partial charge in [0.1, 0.15) is 6.10 Å². The van der Waals surface area contributed by atoms with Crippen LogP contribution in [0, 0.1) is 0 Å². The Balaban J connectivity index is 2.25. The van der Waals surface area contributed by atoms with Crippen LogP contribution < -0.4 is 0 Å². The highest BCUT2D eigenvalue weighted by Gasteiger charge is 2.35. The number of hydrogen-bond acceptors (Lipinski definition) is 3. The highest BCUT2D eigenvalue weighted by molar-refractivity contribution is 5.73. The van der Waals surface area contributed by atoms with Crippen LogP contribution in [0.4, 0.5) is 0 Å². The van der Waals surface area contributed by atoms with Crippen molar-refractivity contribution in [2.24, 2.45) is 0 Å². The topological polar surface area (TPSA) is 29.5 Å². The molecule has 0 aromatic heterocycles. The Bertz CT molecular complexity index is 388. The molecule has 1 heterocycles. The van der Waals surface area contributed by atoms with Crippen molar-refractivity contribution in [3.63, 3.8) is 0 Å². The van der Waals surface area contributed by atoms with Crippen LogP contribution in [0.5, 0.6) is 0 Å². The molecule has 1 aliphatic rings. The normalized spacial score (nSPS) is 26.0. The zero-order chi connectivity index (χ0) is 12.4. The highest BCUT2D eigenvalue weighted by Crippen LogP contribution is 2.29. The summed E-state index contributed by atoms with van der Waals surface area (Å²) >= 11 is 0. The van der Waals surface area contributed by atoms with Crippen LogP contribution in [-0.4, -0.2) is 29.5 Å². The zero-order valence-electron chi connectivity index (χ0n) is 10.6. The van der Waals surface area contributed by atoms with E-state index in [4.69, 9.17) is 4.74 Å².